The van der Waals surface area contributed by atoms with E-state index in [1.54, 1.807) is 0 Å². The Kier molecular flexibility index (Phi) is 6.96. The quantitative estimate of drug-likeness (QED) is 0.498. The summed E-state index contributed by atoms with van der Waals surface area (Å²) in [6.45, 7) is 5.91. The van der Waals surface area contributed by atoms with Crippen molar-refractivity contribution in [2.75, 3.05) is 11.1 Å². The Balaban J connectivity index is 1.96. The molecular formula is C23H21N5OS2. The minimum Gasteiger partial charge on any atom is -0.383 e. The van der Waals surface area contributed by atoms with Gasteiger partial charge in [-0.3, -0.25) is 4.79 Å². The molecule has 0 aliphatic heterocycles. The summed E-state index contributed by atoms with van der Waals surface area (Å²) < 4.78 is 0. The molecular weight excluding hydrogens is 426 g/mol. The van der Waals surface area contributed by atoms with Crippen LogP contribution in [0.2, 0.25) is 0 Å². The van der Waals surface area contributed by atoms with Crippen LogP contribution in [0.25, 0.3) is 10.4 Å². The van der Waals surface area contributed by atoms with E-state index in [-0.39, 0.29) is 22.9 Å². The lowest BCUT2D eigenvalue weighted by molar-refractivity contribution is -0.115. The number of rotatable bonds is 6. The van der Waals surface area contributed by atoms with E-state index < -0.39 is 5.25 Å². The van der Waals surface area contributed by atoms with Gasteiger partial charge in [-0.15, -0.1) is 11.3 Å². The average Bonchev–Trinajstić information content (AvgIpc) is 3.28. The predicted octanol–water partition coefficient (Wildman–Crippen LogP) is 5.26. The largest absolute Gasteiger partial charge is 0.383 e. The Morgan fingerprint density at radius 1 is 1.23 bits per heavy atom. The highest BCUT2D eigenvalue weighted by Crippen LogP contribution is 2.39. The molecule has 0 fully saturated rings. The van der Waals surface area contributed by atoms with E-state index in [4.69, 9.17) is 5.73 Å². The number of thioether (sulfide) groups is 1. The van der Waals surface area contributed by atoms with Crippen LogP contribution in [-0.2, 0) is 4.79 Å². The second-order valence-electron chi connectivity index (χ2n) is 6.93. The summed E-state index contributed by atoms with van der Waals surface area (Å²) in [4.78, 5) is 18.0. The molecule has 0 aliphatic rings. The van der Waals surface area contributed by atoms with Crippen LogP contribution in [0.15, 0.2) is 40.7 Å². The Hall–Kier alpha value is -3.33. The van der Waals surface area contributed by atoms with E-state index in [9.17, 15) is 15.3 Å². The Labute approximate surface area is 189 Å². The van der Waals surface area contributed by atoms with Crippen LogP contribution in [0.3, 0.4) is 0 Å². The number of nitriles is 2. The third-order valence-corrected chi connectivity index (χ3v) is 7.11. The SMILES string of the molecule is CCC(Sc1nc(N)c(C#N)c(-c2cccs2)c1C#N)C(=O)Nc1ccc(C)c(C)c1. The summed E-state index contributed by atoms with van der Waals surface area (Å²) in [6.07, 6.45) is 0.530. The van der Waals surface area contributed by atoms with Crippen LogP contribution < -0.4 is 11.1 Å². The fourth-order valence-electron chi connectivity index (χ4n) is 3.05. The molecule has 3 N–H and O–H groups in total. The first-order chi connectivity index (χ1) is 14.9. The van der Waals surface area contributed by atoms with Gasteiger partial charge >= 0.3 is 0 Å². The van der Waals surface area contributed by atoms with E-state index in [1.165, 1.54) is 23.1 Å². The summed E-state index contributed by atoms with van der Waals surface area (Å²) in [5.74, 6) is -0.126. The van der Waals surface area contributed by atoms with Gasteiger partial charge in [0, 0.05) is 16.1 Å². The highest BCUT2D eigenvalue weighted by molar-refractivity contribution is 8.00. The van der Waals surface area contributed by atoms with Gasteiger partial charge < -0.3 is 11.1 Å². The summed E-state index contributed by atoms with van der Waals surface area (Å²) >= 11 is 2.60. The van der Waals surface area contributed by atoms with Gasteiger partial charge in [-0.05, 0) is 55.0 Å². The molecule has 1 atom stereocenters. The Morgan fingerprint density at radius 3 is 2.55 bits per heavy atom. The number of benzene rings is 1. The normalized spacial score (nSPS) is 11.4. The zero-order chi connectivity index (χ0) is 22.5. The second-order valence-corrected chi connectivity index (χ2v) is 9.07. The number of aryl methyl sites for hydroxylation is 2. The minimum absolute atomic E-state index is 0.0526. The molecule has 6 nitrogen and oxygen atoms in total. The zero-order valence-corrected chi connectivity index (χ0v) is 19.0. The van der Waals surface area contributed by atoms with Gasteiger partial charge in [0.1, 0.15) is 28.5 Å². The molecule has 2 heterocycles. The molecule has 1 amide bonds. The maximum absolute atomic E-state index is 12.9. The standard InChI is InChI=1S/C23H21N5OS2/c1-4-18(22(29)27-15-8-7-13(2)14(3)10-15)31-23-17(12-25)20(19-6-5-9-30-19)16(11-24)21(26)28-23/h5-10,18H,4H2,1-3H3,(H2,26,28)(H,27,29). The van der Waals surface area contributed by atoms with Crippen molar-refractivity contribution in [3.8, 4) is 22.6 Å². The number of hydrogen-bond donors (Lipinski definition) is 2. The van der Waals surface area contributed by atoms with Gasteiger partial charge in [0.2, 0.25) is 5.91 Å². The van der Waals surface area contributed by atoms with Gasteiger partial charge in [0.05, 0.1) is 10.8 Å². The molecule has 3 aromatic rings. The van der Waals surface area contributed by atoms with Gasteiger partial charge in [0.25, 0.3) is 0 Å². The maximum atomic E-state index is 12.9. The molecule has 8 heteroatoms. The number of carbonyl (C=O) groups is 1. The second kappa shape index (κ2) is 9.65. The molecule has 156 valence electrons. The number of aromatic nitrogens is 1. The van der Waals surface area contributed by atoms with Crippen molar-refractivity contribution in [2.45, 2.75) is 37.5 Å². The van der Waals surface area contributed by atoms with Crippen molar-refractivity contribution >= 4 is 40.5 Å². The number of nitrogen functional groups attached to an aromatic ring is 1. The molecule has 0 saturated heterocycles. The molecule has 0 aliphatic carbocycles. The number of nitrogens with two attached hydrogens (primary N) is 1. The number of amides is 1. The number of hydrogen-bond acceptors (Lipinski definition) is 7. The van der Waals surface area contributed by atoms with Gasteiger partial charge in [-0.1, -0.05) is 30.8 Å². The van der Waals surface area contributed by atoms with Crippen LogP contribution in [0.4, 0.5) is 11.5 Å². The monoisotopic (exact) mass is 447 g/mol. The van der Waals surface area contributed by atoms with E-state index in [1.807, 2.05) is 56.5 Å². The Bertz CT molecular complexity index is 1210. The third kappa shape index (κ3) is 4.72. The molecule has 2 aromatic heterocycles. The molecule has 0 saturated carbocycles. The van der Waals surface area contributed by atoms with Crippen molar-refractivity contribution in [1.29, 1.82) is 10.5 Å². The van der Waals surface area contributed by atoms with Crippen LogP contribution in [0.5, 0.6) is 0 Å². The summed E-state index contributed by atoms with van der Waals surface area (Å²) in [5.41, 5.74) is 9.93. The van der Waals surface area contributed by atoms with Crippen molar-refractivity contribution in [3.63, 3.8) is 0 Å². The molecule has 31 heavy (non-hydrogen) atoms. The first kappa shape index (κ1) is 22.4. The fourth-order valence-corrected chi connectivity index (χ4v) is 4.85. The molecule has 0 bridgehead atoms. The number of carbonyl (C=O) groups excluding carboxylic acids is 1. The molecule has 1 unspecified atom stereocenters. The maximum Gasteiger partial charge on any atom is 0.237 e. The molecule has 1 aromatic carbocycles. The number of pyridine rings is 1. The van der Waals surface area contributed by atoms with Crippen molar-refractivity contribution < 1.29 is 4.79 Å². The zero-order valence-electron chi connectivity index (χ0n) is 17.4. The first-order valence-corrected chi connectivity index (χ1v) is 11.4. The van der Waals surface area contributed by atoms with Crippen LogP contribution >= 0.6 is 23.1 Å². The molecule has 0 spiro atoms. The first-order valence-electron chi connectivity index (χ1n) is 9.61. The lowest BCUT2D eigenvalue weighted by atomic mass is 10.0. The summed E-state index contributed by atoms with van der Waals surface area (Å²) in [5, 5.41) is 24.1. The third-order valence-electron chi connectivity index (χ3n) is 4.87. The fraction of sp³-hybridized carbons (Fsp3) is 0.217. The van der Waals surface area contributed by atoms with E-state index in [0.717, 1.165) is 21.7 Å². The van der Waals surface area contributed by atoms with Gasteiger partial charge in [-0.25, -0.2) is 4.98 Å². The molecule has 3 rings (SSSR count). The lowest BCUT2D eigenvalue weighted by Gasteiger charge is -2.17. The lowest BCUT2D eigenvalue weighted by Crippen LogP contribution is -2.25. The van der Waals surface area contributed by atoms with E-state index >= 15 is 0 Å². The predicted molar refractivity (Wildman–Crippen MR) is 126 cm³/mol. The van der Waals surface area contributed by atoms with Gasteiger partial charge in [-0.2, -0.15) is 10.5 Å². The number of thiophene rings is 1. The molecule has 0 radical (unpaired) electrons. The summed E-state index contributed by atoms with van der Waals surface area (Å²) in [6, 6.07) is 13.7. The van der Waals surface area contributed by atoms with Crippen LogP contribution in [0, 0.1) is 36.5 Å². The topological polar surface area (TPSA) is 116 Å². The number of nitrogens with one attached hydrogen (secondary N) is 1. The number of nitrogens with zero attached hydrogens (tertiary/aromatic N) is 3. The van der Waals surface area contributed by atoms with Crippen molar-refractivity contribution in [2.24, 2.45) is 0 Å². The minimum atomic E-state index is -0.482. The summed E-state index contributed by atoms with van der Waals surface area (Å²) in [7, 11) is 0. The smallest absolute Gasteiger partial charge is 0.237 e. The van der Waals surface area contributed by atoms with E-state index in [2.05, 4.69) is 22.4 Å². The number of anilines is 2. The van der Waals surface area contributed by atoms with Gasteiger partial charge in [0.15, 0.2) is 0 Å². The Morgan fingerprint density at radius 2 is 1.97 bits per heavy atom. The van der Waals surface area contributed by atoms with Crippen molar-refractivity contribution in [3.05, 3.63) is 58.0 Å². The highest BCUT2D eigenvalue weighted by Gasteiger charge is 2.26. The highest BCUT2D eigenvalue weighted by atomic mass is 32.2. The van der Waals surface area contributed by atoms with E-state index in [0.29, 0.717) is 17.0 Å². The van der Waals surface area contributed by atoms with Crippen LogP contribution in [-0.4, -0.2) is 16.1 Å². The van der Waals surface area contributed by atoms with Crippen molar-refractivity contribution in [1.82, 2.24) is 4.98 Å². The van der Waals surface area contributed by atoms with Crippen LogP contribution in [0.1, 0.15) is 35.6 Å². The average molecular weight is 448 g/mol.